The monoisotopic (exact) mass is 232 g/mol. The molecule has 2 heterocycles. The molecular formula is C12H16N4O. The highest BCUT2D eigenvalue weighted by molar-refractivity contribution is 5.92. The van der Waals surface area contributed by atoms with Crippen molar-refractivity contribution in [2.24, 2.45) is 5.92 Å². The summed E-state index contributed by atoms with van der Waals surface area (Å²) >= 11 is 0. The molecule has 1 N–H and O–H groups in total. The lowest BCUT2D eigenvalue weighted by Crippen LogP contribution is -2.38. The molecule has 90 valence electrons. The molecule has 2 unspecified atom stereocenters. The molecule has 0 spiro atoms. The first kappa shape index (κ1) is 10.5. The van der Waals surface area contributed by atoms with Gasteiger partial charge in [-0.05, 0) is 25.2 Å². The van der Waals surface area contributed by atoms with Crippen molar-refractivity contribution in [3.05, 3.63) is 18.1 Å². The van der Waals surface area contributed by atoms with Gasteiger partial charge in [-0.3, -0.25) is 4.79 Å². The van der Waals surface area contributed by atoms with Crippen molar-refractivity contribution in [3.8, 4) is 0 Å². The maximum atomic E-state index is 12.2. The summed E-state index contributed by atoms with van der Waals surface area (Å²) in [6.45, 7) is 0.902. The lowest BCUT2D eigenvalue weighted by Gasteiger charge is -2.26. The number of nitrogens with one attached hydrogen (secondary N) is 1. The first-order valence-corrected chi connectivity index (χ1v) is 6.08. The summed E-state index contributed by atoms with van der Waals surface area (Å²) in [5.74, 6) is 1.44. The molecule has 1 aliphatic carbocycles. The van der Waals surface area contributed by atoms with E-state index < -0.39 is 0 Å². The predicted molar refractivity (Wildman–Crippen MR) is 63.7 cm³/mol. The number of piperidine rings is 1. The average Bonchev–Trinajstić information content (AvgIpc) is 3.00. The number of fused-ring (bicyclic) bond motifs is 2. The van der Waals surface area contributed by atoms with Crippen molar-refractivity contribution in [3.63, 3.8) is 0 Å². The van der Waals surface area contributed by atoms with Crippen LogP contribution in [0.1, 0.15) is 29.8 Å². The molecule has 1 saturated carbocycles. The van der Waals surface area contributed by atoms with E-state index in [1.807, 2.05) is 4.90 Å². The Kier molecular flexibility index (Phi) is 2.46. The Labute approximate surface area is 100 Å². The number of rotatable bonds is 2. The van der Waals surface area contributed by atoms with E-state index in [9.17, 15) is 4.79 Å². The molecule has 2 bridgehead atoms. The number of likely N-dealkylation sites (tertiary alicyclic amines) is 1. The Morgan fingerprint density at radius 3 is 2.82 bits per heavy atom. The summed E-state index contributed by atoms with van der Waals surface area (Å²) in [6.07, 6.45) is 6.76. The Hall–Kier alpha value is -1.65. The van der Waals surface area contributed by atoms with Crippen LogP contribution in [0.3, 0.4) is 0 Å². The van der Waals surface area contributed by atoms with Crippen molar-refractivity contribution >= 4 is 11.7 Å². The second-order valence-electron chi connectivity index (χ2n) is 4.83. The van der Waals surface area contributed by atoms with Gasteiger partial charge in [0, 0.05) is 19.6 Å². The average molecular weight is 232 g/mol. The van der Waals surface area contributed by atoms with Crippen LogP contribution < -0.4 is 5.32 Å². The fraction of sp³-hybridized carbons (Fsp3) is 0.583. The largest absolute Gasteiger partial charge is 0.372 e. The van der Waals surface area contributed by atoms with Gasteiger partial charge in [-0.15, -0.1) is 0 Å². The van der Waals surface area contributed by atoms with Crippen molar-refractivity contribution in [2.45, 2.75) is 25.3 Å². The summed E-state index contributed by atoms with van der Waals surface area (Å²) in [4.78, 5) is 22.5. The lowest BCUT2D eigenvalue weighted by molar-refractivity contribution is 0.0697. The first-order chi connectivity index (χ1) is 8.28. The second-order valence-corrected chi connectivity index (χ2v) is 4.83. The molecule has 5 nitrogen and oxygen atoms in total. The van der Waals surface area contributed by atoms with E-state index in [1.165, 1.54) is 12.8 Å². The van der Waals surface area contributed by atoms with Gasteiger partial charge in [0.25, 0.3) is 5.91 Å². The van der Waals surface area contributed by atoms with Crippen LogP contribution in [0.15, 0.2) is 12.4 Å². The van der Waals surface area contributed by atoms with Crippen LogP contribution in [0.25, 0.3) is 0 Å². The molecular weight excluding hydrogens is 216 g/mol. The minimum Gasteiger partial charge on any atom is -0.372 e. The van der Waals surface area contributed by atoms with E-state index in [0.29, 0.717) is 23.5 Å². The van der Waals surface area contributed by atoms with Gasteiger partial charge in [-0.25, -0.2) is 9.97 Å². The van der Waals surface area contributed by atoms with Crippen molar-refractivity contribution < 1.29 is 4.79 Å². The Balaban J connectivity index is 1.77. The molecule has 1 aromatic rings. The van der Waals surface area contributed by atoms with Crippen molar-refractivity contribution in [1.82, 2.24) is 14.9 Å². The molecule has 0 aromatic carbocycles. The van der Waals surface area contributed by atoms with Gasteiger partial charge in [0.1, 0.15) is 11.5 Å². The third-order valence-corrected chi connectivity index (χ3v) is 3.80. The van der Waals surface area contributed by atoms with Gasteiger partial charge in [-0.2, -0.15) is 0 Å². The highest BCUT2D eigenvalue weighted by Gasteiger charge is 2.40. The summed E-state index contributed by atoms with van der Waals surface area (Å²) in [6, 6.07) is 0.443. The zero-order valence-electron chi connectivity index (χ0n) is 9.89. The fourth-order valence-electron chi connectivity index (χ4n) is 2.89. The van der Waals surface area contributed by atoms with Crippen LogP contribution in [-0.2, 0) is 0 Å². The molecule has 5 heteroatoms. The summed E-state index contributed by atoms with van der Waals surface area (Å²) in [5, 5.41) is 2.89. The molecule has 1 aliphatic heterocycles. The van der Waals surface area contributed by atoms with Crippen LogP contribution in [0.5, 0.6) is 0 Å². The van der Waals surface area contributed by atoms with Crippen LogP contribution in [0.4, 0.5) is 5.82 Å². The number of nitrogens with zero attached hydrogens (tertiary/aromatic N) is 3. The van der Waals surface area contributed by atoms with E-state index in [2.05, 4.69) is 15.3 Å². The Bertz CT molecular complexity index is 431. The number of carbonyl (C=O) groups excluding carboxylic acids is 1. The summed E-state index contributed by atoms with van der Waals surface area (Å²) < 4.78 is 0. The molecule has 1 aromatic heterocycles. The van der Waals surface area contributed by atoms with Gasteiger partial charge < -0.3 is 10.2 Å². The molecule has 2 aliphatic rings. The third kappa shape index (κ3) is 1.75. The lowest BCUT2D eigenvalue weighted by atomic mass is 10.1. The number of aromatic nitrogens is 2. The van der Waals surface area contributed by atoms with Gasteiger partial charge in [0.2, 0.25) is 0 Å². The van der Waals surface area contributed by atoms with Gasteiger partial charge >= 0.3 is 0 Å². The molecule has 2 atom stereocenters. The normalized spacial score (nSPS) is 26.3. The molecule has 1 saturated heterocycles. The van der Waals surface area contributed by atoms with Gasteiger partial charge in [0.15, 0.2) is 0 Å². The van der Waals surface area contributed by atoms with E-state index in [-0.39, 0.29) is 5.91 Å². The van der Waals surface area contributed by atoms with Crippen molar-refractivity contribution in [2.75, 3.05) is 18.9 Å². The van der Waals surface area contributed by atoms with E-state index in [4.69, 9.17) is 0 Å². The number of anilines is 1. The summed E-state index contributed by atoms with van der Waals surface area (Å²) in [7, 11) is 1.78. The van der Waals surface area contributed by atoms with E-state index in [0.717, 1.165) is 13.0 Å². The number of amides is 1. The Morgan fingerprint density at radius 1 is 1.41 bits per heavy atom. The van der Waals surface area contributed by atoms with E-state index >= 15 is 0 Å². The smallest absolute Gasteiger partial charge is 0.274 e. The number of carbonyl (C=O) groups is 1. The SMILES string of the molecule is CNc1cnc(C(=O)N2CC3CCC2C3)cn1. The van der Waals surface area contributed by atoms with Gasteiger partial charge in [0.05, 0.1) is 12.4 Å². The van der Waals surface area contributed by atoms with Crippen LogP contribution in [0.2, 0.25) is 0 Å². The fourth-order valence-corrected chi connectivity index (χ4v) is 2.89. The van der Waals surface area contributed by atoms with E-state index in [1.54, 1.807) is 19.4 Å². The number of hydrogen-bond donors (Lipinski definition) is 1. The first-order valence-electron chi connectivity index (χ1n) is 6.08. The van der Waals surface area contributed by atoms with Gasteiger partial charge in [-0.1, -0.05) is 0 Å². The maximum absolute atomic E-state index is 12.2. The van der Waals surface area contributed by atoms with Crippen LogP contribution in [0, 0.1) is 5.92 Å². The third-order valence-electron chi connectivity index (χ3n) is 3.80. The quantitative estimate of drug-likeness (QED) is 0.830. The minimum absolute atomic E-state index is 0.0346. The maximum Gasteiger partial charge on any atom is 0.274 e. The molecule has 17 heavy (non-hydrogen) atoms. The molecule has 1 amide bonds. The predicted octanol–water partition coefficient (Wildman–Crippen LogP) is 1.14. The Morgan fingerprint density at radius 2 is 2.29 bits per heavy atom. The topological polar surface area (TPSA) is 58.1 Å². The molecule has 3 rings (SSSR count). The molecule has 0 radical (unpaired) electrons. The van der Waals surface area contributed by atoms with Crippen molar-refractivity contribution in [1.29, 1.82) is 0 Å². The highest BCUT2D eigenvalue weighted by Crippen LogP contribution is 2.37. The highest BCUT2D eigenvalue weighted by atomic mass is 16.2. The second kappa shape index (κ2) is 3.98. The van der Waals surface area contributed by atoms with Crippen LogP contribution in [-0.4, -0.2) is 40.4 Å². The molecule has 2 fully saturated rings. The zero-order valence-corrected chi connectivity index (χ0v) is 9.89. The number of hydrogen-bond acceptors (Lipinski definition) is 4. The minimum atomic E-state index is 0.0346. The zero-order chi connectivity index (χ0) is 11.8. The van der Waals surface area contributed by atoms with Crippen LogP contribution >= 0.6 is 0 Å². The summed E-state index contributed by atoms with van der Waals surface area (Å²) in [5.41, 5.74) is 0.455. The standard InChI is InChI=1S/C12H16N4O/c1-13-11-6-14-10(5-15-11)12(17)16-7-8-2-3-9(16)4-8/h5-6,8-9H,2-4,7H2,1H3,(H,13,15).